The van der Waals surface area contributed by atoms with Crippen molar-refractivity contribution in [1.29, 1.82) is 5.26 Å². The maximum absolute atomic E-state index is 9.68. The fourth-order valence-electron chi connectivity index (χ4n) is 3.14. The van der Waals surface area contributed by atoms with E-state index >= 15 is 0 Å². The molecule has 4 heteroatoms. The predicted octanol–water partition coefficient (Wildman–Crippen LogP) is 6.72. The maximum atomic E-state index is 9.68. The second-order valence-corrected chi connectivity index (χ2v) is 7.04. The van der Waals surface area contributed by atoms with E-state index in [1.54, 1.807) is 19.3 Å². The van der Waals surface area contributed by atoms with E-state index in [-0.39, 0.29) is 0 Å². The van der Waals surface area contributed by atoms with Crippen LogP contribution >= 0.6 is 11.6 Å². The highest BCUT2D eigenvalue weighted by Crippen LogP contribution is 2.36. The van der Waals surface area contributed by atoms with Crippen molar-refractivity contribution < 1.29 is 9.47 Å². The number of nitriles is 1. The first-order valence-electron chi connectivity index (χ1n) is 9.51. The Morgan fingerprint density at radius 3 is 2.50 bits per heavy atom. The average molecular weight is 416 g/mol. The summed E-state index contributed by atoms with van der Waals surface area (Å²) in [5, 5.41) is 10.2. The Balaban J connectivity index is 2.00. The first-order valence-corrected chi connectivity index (χ1v) is 9.89. The van der Waals surface area contributed by atoms with Crippen molar-refractivity contribution in [1.82, 2.24) is 0 Å². The third kappa shape index (κ3) is 5.11. The molecule has 0 saturated heterocycles. The van der Waals surface area contributed by atoms with Crippen LogP contribution in [0.2, 0.25) is 5.02 Å². The lowest BCUT2D eigenvalue weighted by atomic mass is 10.0. The van der Waals surface area contributed by atoms with Crippen LogP contribution in [0.4, 0.5) is 0 Å². The molecule has 0 fully saturated rings. The van der Waals surface area contributed by atoms with E-state index in [1.807, 2.05) is 66.7 Å². The summed E-state index contributed by atoms with van der Waals surface area (Å²) in [7, 11) is 1.61. The van der Waals surface area contributed by atoms with Crippen molar-refractivity contribution in [3.05, 3.63) is 107 Å². The number of hydrogen-bond acceptors (Lipinski definition) is 3. The summed E-state index contributed by atoms with van der Waals surface area (Å²) in [6, 6.07) is 23.3. The average Bonchev–Trinajstić information content (AvgIpc) is 2.78. The fraction of sp³-hybridized carbons (Fsp3) is 0.115. The largest absolute Gasteiger partial charge is 0.493 e. The topological polar surface area (TPSA) is 42.2 Å². The zero-order chi connectivity index (χ0) is 21.3. The monoisotopic (exact) mass is 415 g/mol. The molecule has 0 heterocycles. The van der Waals surface area contributed by atoms with Gasteiger partial charge in [0.1, 0.15) is 6.61 Å². The van der Waals surface area contributed by atoms with Crippen molar-refractivity contribution in [3.8, 4) is 17.6 Å². The minimum Gasteiger partial charge on any atom is -0.493 e. The number of rotatable bonds is 8. The molecule has 3 aromatic carbocycles. The van der Waals surface area contributed by atoms with Crippen LogP contribution in [0.15, 0.2) is 79.4 Å². The molecule has 3 rings (SSSR count). The fourth-order valence-corrected chi connectivity index (χ4v) is 3.37. The van der Waals surface area contributed by atoms with Crippen LogP contribution < -0.4 is 9.47 Å². The lowest BCUT2D eigenvalue weighted by Gasteiger charge is -2.16. The number of ether oxygens (including phenoxy) is 2. The van der Waals surface area contributed by atoms with E-state index in [0.29, 0.717) is 40.7 Å². The van der Waals surface area contributed by atoms with Gasteiger partial charge in [0.15, 0.2) is 11.5 Å². The van der Waals surface area contributed by atoms with Crippen molar-refractivity contribution in [2.24, 2.45) is 0 Å². The highest BCUT2D eigenvalue weighted by Gasteiger charge is 2.14. The van der Waals surface area contributed by atoms with Gasteiger partial charge in [0, 0.05) is 16.1 Å². The van der Waals surface area contributed by atoms with E-state index in [2.05, 4.69) is 12.6 Å². The van der Waals surface area contributed by atoms with Gasteiger partial charge in [-0.15, -0.1) is 6.58 Å². The van der Waals surface area contributed by atoms with E-state index < -0.39 is 0 Å². The lowest BCUT2D eigenvalue weighted by molar-refractivity contribution is 0.282. The summed E-state index contributed by atoms with van der Waals surface area (Å²) in [4.78, 5) is 0. The third-order valence-electron chi connectivity index (χ3n) is 4.56. The second kappa shape index (κ2) is 10.3. The molecule has 150 valence electrons. The summed E-state index contributed by atoms with van der Waals surface area (Å²) in [6.45, 7) is 4.29. The van der Waals surface area contributed by atoms with Gasteiger partial charge in [0.25, 0.3) is 0 Å². The molecule has 0 N–H and O–H groups in total. The number of hydrogen-bond donors (Lipinski definition) is 0. The molecule has 0 spiro atoms. The molecule has 0 amide bonds. The van der Waals surface area contributed by atoms with Crippen LogP contribution in [0.25, 0.3) is 11.6 Å². The van der Waals surface area contributed by atoms with Crippen LogP contribution in [0.5, 0.6) is 11.5 Å². The molecule has 0 atom stereocenters. The molecule has 0 bridgehead atoms. The molecule has 3 nitrogen and oxygen atoms in total. The minimum absolute atomic E-state index is 0.430. The van der Waals surface area contributed by atoms with Crippen LogP contribution in [-0.2, 0) is 13.0 Å². The smallest absolute Gasteiger partial charge is 0.165 e. The number of halogens is 1. The van der Waals surface area contributed by atoms with Crippen LogP contribution in [0, 0.1) is 11.3 Å². The van der Waals surface area contributed by atoms with Crippen molar-refractivity contribution in [2.45, 2.75) is 13.0 Å². The Kier molecular flexibility index (Phi) is 7.32. The number of nitrogens with zero attached hydrogens (tertiary/aromatic N) is 1. The Hall–Kier alpha value is -3.48. The highest BCUT2D eigenvalue weighted by atomic mass is 35.5. The zero-order valence-electron chi connectivity index (χ0n) is 16.8. The lowest BCUT2D eigenvalue weighted by Crippen LogP contribution is -2.01. The second-order valence-electron chi connectivity index (χ2n) is 6.63. The molecule has 30 heavy (non-hydrogen) atoms. The molecule has 0 radical (unpaired) electrons. The van der Waals surface area contributed by atoms with Crippen molar-refractivity contribution in [2.75, 3.05) is 7.11 Å². The molecule has 0 aliphatic heterocycles. The third-order valence-corrected chi connectivity index (χ3v) is 4.89. The Labute approximate surface area is 182 Å². The van der Waals surface area contributed by atoms with Crippen LogP contribution in [-0.4, -0.2) is 7.11 Å². The number of allylic oxidation sites excluding steroid dienone is 2. The first-order chi connectivity index (χ1) is 14.7. The van der Waals surface area contributed by atoms with Crippen LogP contribution in [0.3, 0.4) is 0 Å². The summed E-state index contributed by atoms with van der Waals surface area (Å²) < 4.78 is 11.7. The maximum Gasteiger partial charge on any atom is 0.165 e. The number of benzene rings is 3. The molecule has 0 saturated carbocycles. The Morgan fingerprint density at radius 1 is 1.10 bits per heavy atom. The van der Waals surface area contributed by atoms with Gasteiger partial charge in [0.05, 0.1) is 18.8 Å². The van der Waals surface area contributed by atoms with Gasteiger partial charge >= 0.3 is 0 Å². The van der Waals surface area contributed by atoms with E-state index in [4.69, 9.17) is 21.1 Å². The van der Waals surface area contributed by atoms with E-state index in [1.165, 1.54) is 0 Å². The molecule has 0 aliphatic carbocycles. The van der Waals surface area contributed by atoms with Crippen molar-refractivity contribution >= 4 is 23.3 Å². The summed E-state index contributed by atoms with van der Waals surface area (Å²) in [5.74, 6) is 1.28. The summed E-state index contributed by atoms with van der Waals surface area (Å²) in [5.41, 5.74) is 3.99. The van der Waals surface area contributed by atoms with Gasteiger partial charge in [-0.1, -0.05) is 66.2 Å². The number of methoxy groups -OCH3 is 1. The molecule has 3 aromatic rings. The minimum atomic E-state index is 0.430. The van der Waals surface area contributed by atoms with Crippen LogP contribution in [0.1, 0.15) is 22.3 Å². The standard InChI is InChI=1S/C26H22ClNO2/c1-3-9-21-14-20(15-22(17-28)23-12-7-8-13-24(23)27)16-25(29-2)26(21)30-18-19-10-5-4-6-11-19/h3-8,10-16H,1,9,18H2,2H3. The van der Waals surface area contributed by atoms with Crippen molar-refractivity contribution in [3.63, 3.8) is 0 Å². The Morgan fingerprint density at radius 2 is 1.83 bits per heavy atom. The van der Waals surface area contributed by atoms with E-state index in [0.717, 1.165) is 16.7 Å². The molecular weight excluding hydrogens is 394 g/mol. The summed E-state index contributed by atoms with van der Waals surface area (Å²) >= 11 is 6.28. The molecule has 0 aliphatic rings. The van der Waals surface area contributed by atoms with Gasteiger partial charge in [-0.05, 0) is 41.8 Å². The molecular formula is C26H22ClNO2. The Bertz CT molecular complexity index is 1100. The van der Waals surface area contributed by atoms with Gasteiger partial charge < -0.3 is 9.47 Å². The predicted molar refractivity (Wildman–Crippen MR) is 123 cm³/mol. The highest BCUT2D eigenvalue weighted by molar-refractivity contribution is 6.32. The first kappa shape index (κ1) is 21.2. The van der Waals surface area contributed by atoms with Gasteiger partial charge in [-0.25, -0.2) is 0 Å². The quantitative estimate of drug-likeness (QED) is 0.233. The SMILES string of the molecule is C=CCc1cc(C=C(C#N)c2ccccc2Cl)cc(OC)c1OCc1ccccc1. The van der Waals surface area contributed by atoms with E-state index in [9.17, 15) is 5.26 Å². The van der Waals surface area contributed by atoms with Gasteiger partial charge in [0.2, 0.25) is 0 Å². The molecule has 0 unspecified atom stereocenters. The molecule has 0 aromatic heterocycles. The zero-order valence-corrected chi connectivity index (χ0v) is 17.5. The normalized spacial score (nSPS) is 10.9. The van der Waals surface area contributed by atoms with Gasteiger partial charge in [-0.2, -0.15) is 5.26 Å². The summed E-state index contributed by atoms with van der Waals surface area (Å²) in [6.07, 6.45) is 4.23. The van der Waals surface area contributed by atoms with Gasteiger partial charge in [-0.3, -0.25) is 0 Å².